The Kier molecular flexibility index (Phi) is 2.68. The molecule has 0 aliphatic heterocycles. The molecule has 1 saturated carbocycles. The molecule has 56 valence electrons. The largest absolute Gasteiger partial charge is 0.231 e. The number of alkyl halides is 1. The lowest BCUT2D eigenvalue weighted by Crippen LogP contribution is -2.16. The molecule has 0 radical (unpaired) electrons. The highest BCUT2D eigenvalue weighted by molar-refractivity contribution is 4.89. The van der Waals surface area contributed by atoms with Gasteiger partial charge >= 0.3 is 0 Å². The normalized spacial score (nSPS) is 23.6. The molecule has 0 heterocycles. The Morgan fingerprint density at radius 3 is 2.40 bits per heavy atom. The average molecular weight is 141 g/mol. The second-order valence-corrected chi connectivity index (χ2v) is 2.93. The van der Waals surface area contributed by atoms with Crippen molar-refractivity contribution in [1.82, 2.24) is 0 Å². The third-order valence-electron chi connectivity index (χ3n) is 2.19. The van der Waals surface area contributed by atoms with Gasteiger partial charge in [0.15, 0.2) is 6.17 Å². The Labute approximate surface area is 60.8 Å². The second-order valence-electron chi connectivity index (χ2n) is 2.93. The molecule has 0 bridgehead atoms. The van der Waals surface area contributed by atoms with Gasteiger partial charge in [0.05, 0.1) is 0 Å². The Morgan fingerprint density at radius 1 is 1.30 bits per heavy atom. The van der Waals surface area contributed by atoms with Crippen LogP contribution in [-0.2, 0) is 0 Å². The van der Waals surface area contributed by atoms with Crippen LogP contribution in [0.3, 0.4) is 0 Å². The third kappa shape index (κ3) is 1.70. The summed E-state index contributed by atoms with van der Waals surface area (Å²) in [6.45, 7) is 0. The molecule has 0 aromatic carbocycles. The van der Waals surface area contributed by atoms with Gasteiger partial charge in [0.25, 0.3) is 0 Å². The molecule has 1 fully saturated rings. The maximum Gasteiger partial charge on any atom is 0.189 e. The fourth-order valence-electron chi connectivity index (χ4n) is 1.53. The highest BCUT2D eigenvalue weighted by Crippen LogP contribution is 2.27. The first-order valence-electron chi connectivity index (χ1n) is 3.88. The smallest absolute Gasteiger partial charge is 0.189 e. The maximum atomic E-state index is 12.7. The van der Waals surface area contributed by atoms with Gasteiger partial charge in [-0.15, -0.1) is 0 Å². The molecule has 1 aliphatic carbocycles. The van der Waals surface area contributed by atoms with Crippen LogP contribution in [-0.4, -0.2) is 6.17 Å². The topological polar surface area (TPSA) is 23.8 Å². The molecule has 1 nitrogen and oxygen atoms in total. The molecule has 1 rings (SSSR count). The lowest BCUT2D eigenvalue weighted by atomic mass is 9.86. The first-order valence-corrected chi connectivity index (χ1v) is 3.88. The van der Waals surface area contributed by atoms with Crippen molar-refractivity contribution in [3.05, 3.63) is 0 Å². The Hall–Kier alpha value is -0.580. The SMILES string of the molecule is N#CC(F)C1CCCCC1. The first kappa shape index (κ1) is 7.53. The van der Waals surface area contributed by atoms with Gasteiger partial charge < -0.3 is 0 Å². The minimum absolute atomic E-state index is 0.0405. The van der Waals surface area contributed by atoms with Gasteiger partial charge in [0, 0.05) is 5.92 Å². The minimum atomic E-state index is -1.21. The molecule has 0 N–H and O–H groups in total. The van der Waals surface area contributed by atoms with Crippen molar-refractivity contribution in [2.75, 3.05) is 0 Å². The van der Waals surface area contributed by atoms with Gasteiger partial charge in [-0.25, -0.2) is 4.39 Å². The van der Waals surface area contributed by atoms with E-state index in [1.807, 2.05) is 0 Å². The van der Waals surface area contributed by atoms with Crippen molar-refractivity contribution in [2.45, 2.75) is 38.3 Å². The van der Waals surface area contributed by atoms with E-state index < -0.39 is 6.17 Å². The van der Waals surface area contributed by atoms with E-state index in [1.54, 1.807) is 6.07 Å². The number of rotatable bonds is 1. The van der Waals surface area contributed by atoms with Crippen LogP contribution in [0.1, 0.15) is 32.1 Å². The molecule has 1 atom stereocenters. The Morgan fingerprint density at radius 2 is 1.90 bits per heavy atom. The van der Waals surface area contributed by atoms with Crippen molar-refractivity contribution in [3.63, 3.8) is 0 Å². The fourth-order valence-corrected chi connectivity index (χ4v) is 1.53. The van der Waals surface area contributed by atoms with Crippen molar-refractivity contribution < 1.29 is 4.39 Å². The summed E-state index contributed by atoms with van der Waals surface area (Å²) in [5.41, 5.74) is 0. The van der Waals surface area contributed by atoms with Crippen LogP contribution in [0, 0.1) is 17.2 Å². The van der Waals surface area contributed by atoms with Crippen molar-refractivity contribution >= 4 is 0 Å². The molecule has 0 aromatic rings. The highest BCUT2D eigenvalue weighted by Gasteiger charge is 2.22. The Balaban J connectivity index is 2.33. The van der Waals surface area contributed by atoms with E-state index in [-0.39, 0.29) is 5.92 Å². The van der Waals surface area contributed by atoms with Crippen LogP contribution in [0.5, 0.6) is 0 Å². The quantitative estimate of drug-likeness (QED) is 0.550. The summed E-state index contributed by atoms with van der Waals surface area (Å²) < 4.78 is 12.7. The Bertz CT molecular complexity index is 133. The molecule has 0 amide bonds. The summed E-state index contributed by atoms with van der Waals surface area (Å²) in [6.07, 6.45) is 4.04. The molecule has 10 heavy (non-hydrogen) atoms. The van der Waals surface area contributed by atoms with Crippen LogP contribution >= 0.6 is 0 Å². The predicted octanol–water partition coefficient (Wildman–Crippen LogP) is 2.43. The summed E-state index contributed by atoms with van der Waals surface area (Å²) in [7, 11) is 0. The number of nitrogens with zero attached hydrogens (tertiary/aromatic N) is 1. The maximum absolute atomic E-state index is 12.7. The van der Waals surface area contributed by atoms with Gasteiger partial charge in [0.1, 0.15) is 6.07 Å². The van der Waals surface area contributed by atoms with Crippen molar-refractivity contribution in [2.24, 2.45) is 5.92 Å². The first-order chi connectivity index (χ1) is 4.84. The van der Waals surface area contributed by atoms with Crippen LogP contribution in [0.2, 0.25) is 0 Å². The lowest BCUT2D eigenvalue weighted by Gasteiger charge is -2.20. The summed E-state index contributed by atoms with van der Waals surface area (Å²) >= 11 is 0. The number of nitriles is 1. The summed E-state index contributed by atoms with van der Waals surface area (Å²) in [5, 5.41) is 8.26. The van der Waals surface area contributed by atoms with E-state index in [9.17, 15) is 4.39 Å². The lowest BCUT2D eigenvalue weighted by molar-refractivity contribution is 0.227. The van der Waals surface area contributed by atoms with Crippen LogP contribution in [0.25, 0.3) is 0 Å². The van der Waals surface area contributed by atoms with E-state index in [4.69, 9.17) is 5.26 Å². The van der Waals surface area contributed by atoms with Crippen LogP contribution in [0.4, 0.5) is 4.39 Å². The highest BCUT2D eigenvalue weighted by atomic mass is 19.1. The number of halogens is 1. The van der Waals surface area contributed by atoms with Crippen LogP contribution < -0.4 is 0 Å². The van der Waals surface area contributed by atoms with Gasteiger partial charge in [-0.05, 0) is 12.8 Å². The molecule has 0 spiro atoms. The molecule has 0 aromatic heterocycles. The van der Waals surface area contributed by atoms with E-state index in [0.29, 0.717) is 0 Å². The number of hydrogen-bond acceptors (Lipinski definition) is 1. The monoisotopic (exact) mass is 141 g/mol. The molecule has 1 unspecified atom stereocenters. The van der Waals surface area contributed by atoms with Gasteiger partial charge in [-0.1, -0.05) is 19.3 Å². The zero-order chi connectivity index (χ0) is 7.40. The standard InChI is InChI=1S/C8H12FN/c9-8(6-10)7-4-2-1-3-5-7/h7-8H,1-5H2. The minimum Gasteiger partial charge on any atom is -0.231 e. The zero-order valence-electron chi connectivity index (χ0n) is 6.02. The van der Waals surface area contributed by atoms with Gasteiger partial charge in [-0.3, -0.25) is 0 Å². The predicted molar refractivity (Wildman–Crippen MR) is 37.1 cm³/mol. The summed E-state index contributed by atoms with van der Waals surface area (Å²) in [5.74, 6) is 0.0405. The summed E-state index contributed by atoms with van der Waals surface area (Å²) in [6, 6.07) is 1.67. The fraction of sp³-hybridized carbons (Fsp3) is 0.875. The van der Waals surface area contributed by atoms with E-state index in [1.165, 1.54) is 6.42 Å². The second kappa shape index (κ2) is 3.55. The van der Waals surface area contributed by atoms with Crippen molar-refractivity contribution in [1.29, 1.82) is 5.26 Å². The molecular weight excluding hydrogens is 129 g/mol. The average Bonchev–Trinajstić information content (AvgIpc) is 2.05. The van der Waals surface area contributed by atoms with Crippen LogP contribution in [0.15, 0.2) is 0 Å². The molecular formula is C8H12FN. The third-order valence-corrected chi connectivity index (χ3v) is 2.19. The molecule has 1 aliphatic rings. The van der Waals surface area contributed by atoms with Crippen molar-refractivity contribution in [3.8, 4) is 6.07 Å². The summed E-state index contributed by atoms with van der Waals surface area (Å²) in [4.78, 5) is 0. The van der Waals surface area contributed by atoms with E-state index >= 15 is 0 Å². The van der Waals surface area contributed by atoms with Gasteiger partial charge in [0.2, 0.25) is 0 Å². The number of hydrogen-bond donors (Lipinski definition) is 0. The van der Waals surface area contributed by atoms with E-state index in [0.717, 1.165) is 25.7 Å². The molecule has 0 saturated heterocycles. The zero-order valence-corrected chi connectivity index (χ0v) is 6.02. The molecule has 2 heteroatoms. The van der Waals surface area contributed by atoms with E-state index in [2.05, 4.69) is 0 Å². The van der Waals surface area contributed by atoms with Gasteiger partial charge in [-0.2, -0.15) is 5.26 Å².